The third kappa shape index (κ3) is 5.05. The van der Waals surface area contributed by atoms with Crippen molar-refractivity contribution in [1.82, 2.24) is 0 Å². The Bertz CT molecular complexity index is 3070. The van der Waals surface area contributed by atoms with Gasteiger partial charge in [-0.3, -0.25) is 0 Å². The second-order valence-electron chi connectivity index (χ2n) is 17.7. The van der Waals surface area contributed by atoms with Crippen LogP contribution in [0.25, 0.3) is 75.8 Å². The smallest absolute Gasteiger partial charge is 0.0657 e. The average Bonchev–Trinajstić information content (AvgIpc) is 3.14. The van der Waals surface area contributed by atoms with Gasteiger partial charge in [0, 0.05) is 0 Å². The van der Waals surface area contributed by atoms with E-state index in [1.54, 1.807) is 0 Å². The first-order valence-electron chi connectivity index (χ1n) is 20.0. The summed E-state index contributed by atoms with van der Waals surface area (Å²) in [5.74, 6) is 0. The molecule has 55 heavy (non-hydrogen) atoms. The highest BCUT2D eigenvalue weighted by Crippen LogP contribution is 2.44. The molecular formula is C54H47B. The van der Waals surface area contributed by atoms with Crippen LogP contribution in [0.2, 0.25) is 0 Å². The molecule has 0 N–H and O–H groups in total. The minimum atomic E-state index is 0.0901. The third-order valence-electron chi connectivity index (χ3n) is 12.8. The minimum absolute atomic E-state index is 0.0901. The van der Waals surface area contributed by atoms with Gasteiger partial charge >= 0.3 is 0 Å². The van der Waals surface area contributed by atoms with E-state index in [1.807, 2.05) is 0 Å². The zero-order valence-electron chi connectivity index (χ0n) is 33.6. The normalized spacial score (nSPS) is 12.5. The molecule has 0 atom stereocenters. The lowest BCUT2D eigenvalue weighted by Gasteiger charge is -2.26. The molecule has 266 valence electrons. The van der Waals surface area contributed by atoms with E-state index in [1.165, 1.54) is 131 Å². The van der Waals surface area contributed by atoms with E-state index in [9.17, 15) is 0 Å². The van der Waals surface area contributed by atoms with Gasteiger partial charge in [-0.25, -0.2) is 0 Å². The van der Waals surface area contributed by atoms with Crippen LogP contribution < -0.4 is 16.4 Å². The van der Waals surface area contributed by atoms with Gasteiger partial charge in [0.1, 0.15) is 0 Å². The maximum atomic E-state index is 2.43. The summed E-state index contributed by atoms with van der Waals surface area (Å²) in [4.78, 5) is 0. The van der Waals surface area contributed by atoms with Crippen molar-refractivity contribution < 1.29 is 0 Å². The van der Waals surface area contributed by atoms with Crippen LogP contribution in [0.5, 0.6) is 0 Å². The Morgan fingerprint density at radius 3 is 1.22 bits per heavy atom. The SMILES string of the molecule is Cc1cc(C)c(B(c2c(C)cc(C)cc2C)c2ccc3ccc4c(-c5ccc6ccc7cc(C(C)(C)C)cc8ccc5c6c78)ccc5ccc2c3c54)c(C)c1. The van der Waals surface area contributed by atoms with Crippen LogP contribution in [0.1, 0.15) is 59.7 Å². The predicted octanol–water partition coefficient (Wildman–Crippen LogP) is 12.8. The average molecular weight is 707 g/mol. The second-order valence-corrected chi connectivity index (χ2v) is 17.7. The van der Waals surface area contributed by atoms with Gasteiger partial charge in [0.15, 0.2) is 0 Å². The number of hydrogen-bond acceptors (Lipinski definition) is 0. The first kappa shape index (κ1) is 33.9. The topological polar surface area (TPSA) is 0 Å². The van der Waals surface area contributed by atoms with Crippen LogP contribution >= 0.6 is 0 Å². The molecule has 10 rings (SSSR count). The largest absolute Gasteiger partial charge is 0.243 e. The van der Waals surface area contributed by atoms with Gasteiger partial charge in [0.2, 0.25) is 6.71 Å². The van der Waals surface area contributed by atoms with Crippen molar-refractivity contribution >= 4 is 87.7 Å². The molecule has 0 aliphatic rings. The molecule has 0 aromatic heterocycles. The predicted molar refractivity (Wildman–Crippen MR) is 244 cm³/mol. The van der Waals surface area contributed by atoms with Crippen molar-refractivity contribution in [2.45, 2.75) is 67.7 Å². The molecule has 10 aromatic rings. The molecule has 0 amide bonds. The fourth-order valence-electron chi connectivity index (χ4n) is 10.5. The first-order valence-corrected chi connectivity index (χ1v) is 20.0. The molecule has 0 saturated heterocycles. The van der Waals surface area contributed by atoms with Crippen LogP contribution in [0.4, 0.5) is 0 Å². The zero-order valence-corrected chi connectivity index (χ0v) is 33.6. The number of benzene rings is 10. The molecule has 0 spiro atoms. The number of aryl methyl sites for hydroxylation is 6. The van der Waals surface area contributed by atoms with Crippen molar-refractivity contribution in [2.24, 2.45) is 0 Å². The third-order valence-corrected chi connectivity index (χ3v) is 12.8. The first-order chi connectivity index (χ1) is 26.4. The Balaban J connectivity index is 1.25. The Labute approximate surface area is 325 Å². The Hall–Kier alpha value is -5.66. The Morgan fingerprint density at radius 1 is 0.364 bits per heavy atom. The second kappa shape index (κ2) is 11.9. The molecule has 0 aliphatic heterocycles. The molecule has 1 heteroatoms. The lowest BCUT2D eigenvalue weighted by Crippen LogP contribution is -2.56. The fraction of sp³-hybridized carbons (Fsp3) is 0.185. The Kier molecular flexibility index (Phi) is 7.34. The number of hydrogen-bond donors (Lipinski definition) is 0. The van der Waals surface area contributed by atoms with Crippen molar-refractivity contribution in [3.05, 3.63) is 160 Å². The zero-order chi connectivity index (χ0) is 38.1. The highest BCUT2D eigenvalue weighted by Gasteiger charge is 2.31. The summed E-state index contributed by atoms with van der Waals surface area (Å²) in [5.41, 5.74) is 16.4. The maximum absolute atomic E-state index is 2.43. The molecule has 0 heterocycles. The van der Waals surface area contributed by atoms with Gasteiger partial charge < -0.3 is 0 Å². The Morgan fingerprint density at radius 2 is 0.727 bits per heavy atom. The highest BCUT2D eigenvalue weighted by atomic mass is 14.2. The van der Waals surface area contributed by atoms with E-state index >= 15 is 0 Å². The fourth-order valence-corrected chi connectivity index (χ4v) is 10.5. The van der Waals surface area contributed by atoms with Crippen molar-refractivity contribution in [1.29, 1.82) is 0 Å². The van der Waals surface area contributed by atoms with Gasteiger partial charge in [-0.05, 0) is 128 Å². The molecule has 0 nitrogen and oxygen atoms in total. The van der Waals surface area contributed by atoms with Gasteiger partial charge in [0.25, 0.3) is 0 Å². The van der Waals surface area contributed by atoms with E-state index < -0.39 is 0 Å². The lowest BCUT2D eigenvalue weighted by atomic mass is 9.33. The van der Waals surface area contributed by atoms with Crippen LogP contribution in [0, 0.1) is 41.5 Å². The summed E-state index contributed by atoms with van der Waals surface area (Å²) in [7, 11) is 0. The molecular weight excluding hydrogens is 659 g/mol. The summed E-state index contributed by atoms with van der Waals surface area (Å²) in [6, 6.07) is 47.4. The van der Waals surface area contributed by atoms with E-state index in [0.717, 1.165) is 0 Å². The van der Waals surface area contributed by atoms with Gasteiger partial charge in [-0.1, -0.05) is 192 Å². The van der Waals surface area contributed by atoms with Gasteiger partial charge in [-0.15, -0.1) is 0 Å². The summed E-state index contributed by atoms with van der Waals surface area (Å²) >= 11 is 0. The maximum Gasteiger partial charge on any atom is 0.243 e. The standard InChI is InChI=1S/C54H47B/c1-30-24-32(3)52(33(4)25-30)55(53-34(5)26-31(2)27-35(53)6)47-23-17-38-14-20-45-43(19-13-37-15-22-46(47)51(38)50(37)45)42-18-12-36-10-11-39-28-41(54(7,8)9)29-40-16-21-44(42)49(36)48(39)40/h10-29H,1-9H3. The van der Waals surface area contributed by atoms with Gasteiger partial charge in [-0.2, -0.15) is 0 Å². The summed E-state index contributed by atoms with van der Waals surface area (Å²) in [6.45, 7) is 20.7. The molecule has 0 bridgehead atoms. The molecule has 0 radical (unpaired) electrons. The van der Waals surface area contributed by atoms with E-state index in [2.05, 4.69) is 184 Å². The van der Waals surface area contributed by atoms with Crippen molar-refractivity contribution in [2.75, 3.05) is 0 Å². The monoisotopic (exact) mass is 706 g/mol. The molecule has 0 aliphatic carbocycles. The van der Waals surface area contributed by atoms with E-state index in [4.69, 9.17) is 0 Å². The van der Waals surface area contributed by atoms with Crippen LogP contribution in [0.3, 0.4) is 0 Å². The van der Waals surface area contributed by atoms with E-state index in [0.29, 0.717) is 0 Å². The van der Waals surface area contributed by atoms with Crippen molar-refractivity contribution in [3.63, 3.8) is 0 Å². The van der Waals surface area contributed by atoms with E-state index in [-0.39, 0.29) is 12.1 Å². The number of rotatable bonds is 4. The summed E-state index contributed by atoms with van der Waals surface area (Å²) in [5, 5.41) is 16.0. The molecule has 0 unspecified atom stereocenters. The van der Waals surface area contributed by atoms with Crippen LogP contribution in [-0.2, 0) is 5.41 Å². The molecule has 0 fully saturated rings. The van der Waals surface area contributed by atoms with Crippen LogP contribution in [0.15, 0.2) is 121 Å². The van der Waals surface area contributed by atoms with Crippen LogP contribution in [-0.4, -0.2) is 6.71 Å². The summed E-state index contributed by atoms with van der Waals surface area (Å²) < 4.78 is 0. The summed E-state index contributed by atoms with van der Waals surface area (Å²) in [6.07, 6.45) is 0. The molecule has 10 aromatic carbocycles. The van der Waals surface area contributed by atoms with Crippen molar-refractivity contribution in [3.8, 4) is 11.1 Å². The molecule has 0 saturated carbocycles. The minimum Gasteiger partial charge on any atom is -0.0657 e. The lowest BCUT2D eigenvalue weighted by molar-refractivity contribution is 0.591. The quantitative estimate of drug-likeness (QED) is 0.126. The van der Waals surface area contributed by atoms with Gasteiger partial charge in [0.05, 0.1) is 0 Å². The highest BCUT2D eigenvalue weighted by molar-refractivity contribution is 6.98.